The fourth-order valence-corrected chi connectivity index (χ4v) is 1.50. The lowest BCUT2D eigenvalue weighted by Gasteiger charge is -2.06. The summed E-state index contributed by atoms with van der Waals surface area (Å²) in [4.78, 5) is 11.6. The molecule has 0 aliphatic heterocycles. The molecule has 0 aromatic heterocycles. The van der Waals surface area contributed by atoms with Crippen LogP contribution in [0.2, 0.25) is 5.02 Å². The second-order valence-electron chi connectivity index (χ2n) is 3.89. The molecule has 1 aromatic carbocycles. The summed E-state index contributed by atoms with van der Waals surface area (Å²) in [5, 5.41) is 0.696. The van der Waals surface area contributed by atoms with Crippen molar-refractivity contribution in [3.63, 3.8) is 0 Å². The van der Waals surface area contributed by atoms with Crippen LogP contribution in [0.25, 0.3) is 0 Å². The van der Waals surface area contributed by atoms with Crippen molar-refractivity contribution in [2.45, 2.75) is 19.8 Å². The minimum Gasteiger partial charge on any atom is -0.330 e. The van der Waals surface area contributed by atoms with Gasteiger partial charge >= 0.3 is 0 Å². The Labute approximate surface area is 95.4 Å². The van der Waals surface area contributed by atoms with Gasteiger partial charge in [-0.2, -0.15) is 0 Å². The molecule has 15 heavy (non-hydrogen) atoms. The maximum atomic E-state index is 11.6. The molecular weight excluding hydrogens is 210 g/mol. The third-order valence-corrected chi connectivity index (χ3v) is 2.55. The molecule has 0 saturated carbocycles. The minimum absolute atomic E-state index is 0.232. The standard InChI is InChI=1S/C12H16ClNO/c1-9(8-14)6-12(15)7-10-2-4-11(13)5-3-10/h2-5,9H,6-8,14H2,1H3. The molecule has 1 aromatic rings. The second-order valence-corrected chi connectivity index (χ2v) is 4.32. The van der Waals surface area contributed by atoms with Crippen LogP contribution in [0.1, 0.15) is 18.9 Å². The number of hydrogen-bond acceptors (Lipinski definition) is 2. The monoisotopic (exact) mass is 225 g/mol. The summed E-state index contributed by atoms with van der Waals surface area (Å²) in [6.07, 6.45) is 1.03. The van der Waals surface area contributed by atoms with E-state index in [1.807, 2.05) is 19.1 Å². The van der Waals surface area contributed by atoms with E-state index in [0.717, 1.165) is 5.56 Å². The Bertz CT molecular complexity index is 321. The van der Waals surface area contributed by atoms with Crippen molar-refractivity contribution in [1.29, 1.82) is 0 Å². The molecule has 82 valence electrons. The molecule has 1 rings (SSSR count). The third kappa shape index (κ3) is 4.45. The Balaban J connectivity index is 2.48. The molecule has 0 spiro atoms. The van der Waals surface area contributed by atoms with Crippen molar-refractivity contribution in [3.8, 4) is 0 Å². The molecule has 0 heterocycles. The Morgan fingerprint density at radius 3 is 2.53 bits per heavy atom. The number of rotatable bonds is 5. The summed E-state index contributed by atoms with van der Waals surface area (Å²) in [7, 11) is 0. The minimum atomic E-state index is 0.232. The van der Waals surface area contributed by atoms with Gasteiger partial charge in [0.2, 0.25) is 0 Å². The smallest absolute Gasteiger partial charge is 0.137 e. The largest absolute Gasteiger partial charge is 0.330 e. The SMILES string of the molecule is CC(CN)CC(=O)Cc1ccc(Cl)cc1. The third-order valence-electron chi connectivity index (χ3n) is 2.29. The molecular formula is C12H16ClNO. The average Bonchev–Trinajstić information content (AvgIpc) is 2.21. The van der Waals surface area contributed by atoms with Crippen LogP contribution in [0.5, 0.6) is 0 Å². The molecule has 2 N–H and O–H groups in total. The van der Waals surface area contributed by atoms with Gasteiger partial charge in [-0.3, -0.25) is 4.79 Å². The van der Waals surface area contributed by atoms with Crippen LogP contribution >= 0.6 is 11.6 Å². The second kappa shape index (κ2) is 5.89. The van der Waals surface area contributed by atoms with Crippen molar-refractivity contribution in [3.05, 3.63) is 34.9 Å². The first-order valence-electron chi connectivity index (χ1n) is 5.08. The van der Waals surface area contributed by atoms with Gasteiger partial charge < -0.3 is 5.73 Å². The van der Waals surface area contributed by atoms with Gasteiger partial charge in [0.25, 0.3) is 0 Å². The van der Waals surface area contributed by atoms with E-state index in [2.05, 4.69) is 0 Å². The quantitative estimate of drug-likeness (QED) is 0.837. The fraction of sp³-hybridized carbons (Fsp3) is 0.417. The molecule has 0 aliphatic rings. The van der Waals surface area contributed by atoms with E-state index >= 15 is 0 Å². The number of benzene rings is 1. The van der Waals surface area contributed by atoms with Crippen LogP contribution in [0.3, 0.4) is 0 Å². The first-order valence-corrected chi connectivity index (χ1v) is 5.46. The van der Waals surface area contributed by atoms with Crippen LogP contribution < -0.4 is 5.73 Å². The molecule has 0 fully saturated rings. The summed E-state index contributed by atoms with van der Waals surface area (Å²) in [6.45, 7) is 2.55. The Kier molecular flexibility index (Phi) is 4.79. The van der Waals surface area contributed by atoms with E-state index in [0.29, 0.717) is 24.4 Å². The number of carbonyl (C=O) groups excluding carboxylic acids is 1. The maximum Gasteiger partial charge on any atom is 0.137 e. The number of nitrogens with two attached hydrogens (primary N) is 1. The zero-order valence-electron chi connectivity index (χ0n) is 8.87. The summed E-state index contributed by atoms with van der Waals surface area (Å²) >= 11 is 5.75. The first kappa shape index (κ1) is 12.2. The van der Waals surface area contributed by atoms with Gasteiger partial charge in [-0.1, -0.05) is 30.7 Å². The van der Waals surface area contributed by atoms with E-state index in [-0.39, 0.29) is 11.7 Å². The van der Waals surface area contributed by atoms with Gasteiger partial charge in [0.15, 0.2) is 0 Å². The summed E-state index contributed by atoms with van der Waals surface area (Å²) in [6, 6.07) is 7.37. The Morgan fingerprint density at radius 1 is 1.40 bits per heavy atom. The van der Waals surface area contributed by atoms with E-state index in [9.17, 15) is 4.79 Å². The Hall–Kier alpha value is -0.860. The zero-order valence-corrected chi connectivity index (χ0v) is 9.63. The van der Waals surface area contributed by atoms with Crippen molar-refractivity contribution in [1.82, 2.24) is 0 Å². The number of Topliss-reactive ketones (excluding diaryl/α,β-unsaturated/α-hetero) is 1. The highest BCUT2D eigenvalue weighted by Crippen LogP contribution is 2.11. The maximum absolute atomic E-state index is 11.6. The van der Waals surface area contributed by atoms with Gasteiger partial charge in [-0.15, -0.1) is 0 Å². The molecule has 1 atom stereocenters. The molecule has 0 bridgehead atoms. The van der Waals surface area contributed by atoms with E-state index in [1.54, 1.807) is 12.1 Å². The molecule has 2 nitrogen and oxygen atoms in total. The lowest BCUT2D eigenvalue weighted by Crippen LogP contribution is -2.16. The first-order chi connectivity index (χ1) is 7.11. The van der Waals surface area contributed by atoms with Crippen LogP contribution in [-0.4, -0.2) is 12.3 Å². The van der Waals surface area contributed by atoms with Crippen LogP contribution in [0, 0.1) is 5.92 Å². The molecule has 0 saturated heterocycles. The van der Waals surface area contributed by atoms with Crippen LogP contribution in [-0.2, 0) is 11.2 Å². The van der Waals surface area contributed by atoms with Crippen molar-refractivity contribution >= 4 is 17.4 Å². The molecule has 0 amide bonds. The van der Waals surface area contributed by atoms with Gasteiger partial charge in [-0.05, 0) is 30.2 Å². The van der Waals surface area contributed by atoms with Crippen LogP contribution in [0.4, 0.5) is 0 Å². The molecule has 3 heteroatoms. The van der Waals surface area contributed by atoms with E-state index in [1.165, 1.54) is 0 Å². The lowest BCUT2D eigenvalue weighted by atomic mass is 10.00. The number of ketones is 1. The molecule has 1 unspecified atom stereocenters. The zero-order chi connectivity index (χ0) is 11.3. The predicted octanol–water partition coefficient (Wildman–Crippen LogP) is 2.44. The van der Waals surface area contributed by atoms with Crippen molar-refractivity contribution < 1.29 is 4.79 Å². The highest BCUT2D eigenvalue weighted by molar-refractivity contribution is 6.30. The van der Waals surface area contributed by atoms with E-state index in [4.69, 9.17) is 17.3 Å². The number of carbonyl (C=O) groups is 1. The summed E-state index contributed by atoms with van der Waals surface area (Å²) < 4.78 is 0. The summed E-state index contributed by atoms with van der Waals surface area (Å²) in [5.74, 6) is 0.500. The van der Waals surface area contributed by atoms with Crippen molar-refractivity contribution in [2.24, 2.45) is 11.7 Å². The Morgan fingerprint density at radius 2 is 2.00 bits per heavy atom. The van der Waals surface area contributed by atoms with Gasteiger partial charge in [0.05, 0.1) is 0 Å². The lowest BCUT2D eigenvalue weighted by molar-refractivity contribution is -0.119. The fourth-order valence-electron chi connectivity index (χ4n) is 1.37. The highest BCUT2D eigenvalue weighted by Gasteiger charge is 2.08. The average molecular weight is 226 g/mol. The summed E-state index contributed by atoms with van der Waals surface area (Å²) in [5.41, 5.74) is 6.47. The van der Waals surface area contributed by atoms with Gasteiger partial charge in [-0.25, -0.2) is 0 Å². The normalized spacial score (nSPS) is 12.5. The highest BCUT2D eigenvalue weighted by atomic mass is 35.5. The van der Waals surface area contributed by atoms with Crippen LogP contribution in [0.15, 0.2) is 24.3 Å². The molecule has 0 radical (unpaired) electrons. The number of halogens is 1. The topological polar surface area (TPSA) is 43.1 Å². The van der Waals surface area contributed by atoms with Gasteiger partial charge in [0, 0.05) is 17.9 Å². The molecule has 0 aliphatic carbocycles. The number of hydrogen-bond donors (Lipinski definition) is 1. The van der Waals surface area contributed by atoms with Crippen molar-refractivity contribution in [2.75, 3.05) is 6.54 Å². The van der Waals surface area contributed by atoms with E-state index < -0.39 is 0 Å². The van der Waals surface area contributed by atoms with Gasteiger partial charge in [0.1, 0.15) is 5.78 Å². The predicted molar refractivity (Wildman–Crippen MR) is 63.0 cm³/mol.